The van der Waals surface area contributed by atoms with Crippen molar-refractivity contribution in [3.8, 4) is 33.9 Å². The molecule has 0 aliphatic carbocycles. The lowest BCUT2D eigenvalue weighted by molar-refractivity contribution is 0.599. The molecule has 0 atom stereocenters. The number of furan rings is 1. The van der Waals surface area contributed by atoms with Crippen molar-refractivity contribution >= 4 is 34.8 Å². The number of hydrogen-bond donors (Lipinski definition) is 0. The zero-order chi connectivity index (χ0) is 36.0. The largest absolute Gasteiger partial charge is 0.456 e. The highest BCUT2D eigenvalue weighted by molar-refractivity contribution is 5.87. The van der Waals surface area contributed by atoms with Gasteiger partial charge in [-0.2, -0.15) is 0 Å². The molecular formula is C49H37N3O. The molecule has 254 valence electrons. The molecule has 6 aromatic carbocycles. The quantitative estimate of drug-likeness (QED) is 0.106. The van der Waals surface area contributed by atoms with Crippen LogP contribution in [0.25, 0.3) is 68.7 Å². The van der Waals surface area contributed by atoms with Crippen molar-refractivity contribution in [2.24, 2.45) is 0 Å². The summed E-state index contributed by atoms with van der Waals surface area (Å²) < 4.78 is 6.44. The molecule has 0 aliphatic rings. The number of aryl methyl sites for hydroxylation is 1. The van der Waals surface area contributed by atoms with Gasteiger partial charge in [-0.25, -0.2) is 15.0 Å². The van der Waals surface area contributed by atoms with Gasteiger partial charge in [0.1, 0.15) is 17.2 Å². The van der Waals surface area contributed by atoms with E-state index >= 15 is 0 Å². The van der Waals surface area contributed by atoms with Crippen LogP contribution in [0, 0.1) is 6.92 Å². The molecule has 0 N–H and O–H groups in total. The molecule has 4 nitrogen and oxygen atoms in total. The SMILES string of the molecule is C=C(/C=C\c1oc2ccccc2c1Cc1nc(-c2ccccc2)nc(-c2ccc(-c3ccccc3)cc2)n1)c1ccc(/C=C\c2ccccc2C)cc1. The lowest BCUT2D eigenvalue weighted by atomic mass is 10.0. The Morgan fingerprint density at radius 1 is 0.566 bits per heavy atom. The summed E-state index contributed by atoms with van der Waals surface area (Å²) in [5.41, 5.74) is 11.5. The fourth-order valence-electron chi connectivity index (χ4n) is 6.42. The summed E-state index contributed by atoms with van der Waals surface area (Å²) in [6, 6.07) is 53.8. The third kappa shape index (κ3) is 7.58. The fraction of sp³-hybridized carbons (Fsp3) is 0.0408. The maximum Gasteiger partial charge on any atom is 0.163 e. The number of allylic oxidation sites excluding steroid dienone is 2. The lowest BCUT2D eigenvalue weighted by Crippen LogP contribution is -2.04. The van der Waals surface area contributed by atoms with Crippen LogP contribution in [0.15, 0.2) is 175 Å². The van der Waals surface area contributed by atoms with Crippen molar-refractivity contribution in [1.82, 2.24) is 15.0 Å². The predicted molar refractivity (Wildman–Crippen MR) is 220 cm³/mol. The summed E-state index contributed by atoms with van der Waals surface area (Å²) in [6.07, 6.45) is 8.78. The molecule has 0 bridgehead atoms. The standard InChI is InChI=1S/C49H37N3O/c1-34-13-9-10-14-37(34)25-22-36-23-26-38(27-24-36)35(2)21-32-46-44(43-19-11-12-20-45(43)53-46)33-47-50-48(41-17-7-4-8-18-41)52-49(51-47)42-30-28-40(29-31-42)39-15-5-3-6-16-39/h3-32H,2,33H2,1H3/b25-22-,32-21-. The lowest BCUT2D eigenvalue weighted by Gasteiger charge is -2.09. The average molecular weight is 684 g/mol. The highest BCUT2D eigenvalue weighted by Crippen LogP contribution is 2.31. The van der Waals surface area contributed by atoms with Crippen LogP contribution in [0.2, 0.25) is 0 Å². The molecule has 0 radical (unpaired) electrons. The first-order valence-corrected chi connectivity index (χ1v) is 17.8. The number of benzene rings is 6. The van der Waals surface area contributed by atoms with Gasteiger partial charge >= 0.3 is 0 Å². The van der Waals surface area contributed by atoms with Gasteiger partial charge in [-0.05, 0) is 58.0 Å². The van der Waals surface area contributed by atoms with Gasteiger partial charge in [0, 0.05) is 28.5 Å². The van der Waals surface area contributed by atoms with Crippen LogP contribution < -0.4 is 0 Å². The van der Waals surface area contributed by atoms with E-state index in [0.29, 0.717) is 23.9 Å². The van der Waals surface area contributed by atoms with Crippen LogP contribution in [0.5, 0.6) is 0 Å². The number of hydrogen-bond acceptors (Lipinski definition) is 4. The summed E-state index contributed by atoms with van der Waals surface area (Å²) in [4.78, 5) is 15.0. The van der Waals surface area contributed by atoms with Crippen LogP contribution in [-0.4, -0.2) is 15.0 Å². The van der Waals surface area contributed by atoms with Gasteiger partial charge in [-0.3, -0.25) is 0 Å². The van der Waals surface area contributed by atoms with Crippen molar-refractivity contribution in [3.63, 3.8) is 0 Å². The minimum Gasteiger partial charge on any atom is -0.456 e. The zero-order valence-electron chi connectivity index (χ0n) is 29.5. The molecule has 0 saturated carbocycles. The first-order chi connectivity index (χ1) is 26.1. The molecule has 53 heavy (non-hydrogen) atoms. The molecule has 0 amide bonds. The molecule has 0 aliphatic heterocycles. The van der Waals surface area contributed by atoms with Crippen LogP contribution in [0.1, 0.15) is 39.4 Å². The van der Waals surface area contributed by atoms with E-state index in [-0.39, 0.29) is 0 Å². The second-order valence-electron chi connectivity index (χ2n) is 13.0. The Balaban J connectivity index is 1.09. The van der Waals surface area contributed by atoms with Crippen molar-refractivity contribution in [1.29, 1.82) is 0 Å². The summed E-state index contributed by atoms with van der Waals surface area (Å²) >= 11 is 0. The van der Waals surface area contributed by atoms with Gasteiger partial charge in [0.15, 0.2) is 11.6 Å². The van der Waals surface area contributed by atoms with Crippen LogP contribution in [-0.2, 0) is 6.42 Å². The summed E-state index contributed by atoms with van der Waals surface area (Å²) in [7, 11) is 0. The number of aromatic nitrogens is 3. The molecule has 0 unspecified atom stereocenters. The first kappa shape index (κ1) is 33.2. The van der Waals surface area contributed by atoms with Gasteiger partial charge in [0.05, 0.1) is 0 Å². The normalized spacial score (nSPS) is 11.5. The van der Waals surface area contributed by atoms with Gasteiger partial charge in [0.2, 0.25) is 0 Å². The summed E-state index contributed by atoms with van der Waals surface area (Å²) in [6.45, 7) is 6.51. The molecule has 8 aromatic rings. The monoisotopic (exact) mass is 683 g/mol. The van der Waals surface area contributed by atoms with E-state index in [1.165, 1.54) is 16.7 Å². The Labute approximate surface area is 310 Å². The van der Waals surface area contributed by atoms with Gasteiger partial charge in [-0.15, -0.1) is 0 Å². The second kappa shape index (κ2) is 15.1. The molecule has 0 saturated heterocycles. The van der Waals surface area contributed by atoms with Crippen molar-refractivity contribution in [2.75, 3.05) is 0 Å². The van der Waals surface area contributed by atoms with Crippen LogP contribution >= 0.6 is 0 Å². The molecule has 8 rings (SSSR count). The van der Waals surface area contributed by atoms with E-state index in [1.807, 2.05) is 66.7 Å². The maximum atomic E-state index is 6.44. The highest BCUT2D eigenvalue weighted by atomic mass is 16.3. The number of fused-ring (bicyclic) bond motifs is 1. The van der Waals surface area contributed by atoms with Crippen molar-refractivity contribution in [2.45, 2.75) is 13.3 Å². The third-order valence-electron chi connectivity index (χ3n) is 9.39. The highest BCUT2D eigenvalue weighted by Gasteiger charge is 2.17. The summed E-state index contributed by atoms with van der Waals surface area (Å²) in [5.74, 6) is 2.67. The molecule has 2 aromatic heterocycles. The fourth-order valence-corrected chi connectivity index (χ4v) is 6.42. The Kier molecular flexibility index (Phi) is 9.50. The van der Waals surface area contributed by atoms with Crippen molar-refractivity contribution < 1.29 is 4.42 Å². The summed E-state index contributed by atoms with van der Waals surface area (Å²) in [5, 5.41) is 1.03. The zero-order valence-corrected chi connectivity index (χ0v) is 29.5. The second-order valence-corrected chi connectivity index (χ2v) is 13.0. The Hall–Kier alpha value is -6.91. The van der Waals surface area contributed by atoms with E-state index in [1.54, 1.807) is 0 Å². The molecule has 0 fully saturated rings. The number of para-hydroxylation sites is 1. The number of rotatable bonds is 10. The van der Waals surface area contributed by atoms with Gasteiger partial charge in [0.25, 0.3) is 0 Å². The molecule has 4 heteroatoms. The maximum absolute atomic E-state index is 6.44. The van der Waals surface area contributed by atoms with E-state index in [9.17, 15) is 0 Å². The Bertz CT molecular complexity index is 2580. The minimum absolute atomic E-state index is 0.461. The van der Waals surface area contributed by atoms with E-state index in [2.05, 4.69) is 129 Å². The molecule has 0 spiro atoms. The molecule has 2 heterocycles. The van der Waals surface area contributed by atoms with E-state index in [4.69, 9.17) is 19.4 Å². The topological polar surface area (TPSA) is 51.8 Å². The number of nitrogens with zero attached hydrogens (tertiary/aromatic N) is 3. The van der Waals surface area contributed by atoms with Crippen LogP contribution in [0.4, 0.5) is 0 Å². The Morgan fingerprint density at radius 3 is 1.87 bits per heavy atom. The van der Waals surface area contributed by atoms with Crippen LogP contribution in [0.3, 0.4) is 0 Å². The first-order valence-electron chi connectivity index (χ1n) is 17.8. The average Bonchev–Trinajstić information content (AvgIpc) is 3.57. The molecular weight excluding hydrogens is 647 g/mol. The minimum atomic E-state index is 0.461. The van der Waals surface area contributed by atoms with Gasteiger partial charge in [-0.1, -0.05) is 176 Å². The smallest absolute Gasteiger partial charge is 0.163 e. The predicted octanol–water partition coefficient (Wildman–Crippen LogP) is 12.4. The van der Waals surface area contributed by atoms with Crippen molar-refractivity contribution in [3.05, 3.63) is 210 Å². The third-order valence-corrected chi connectivity index (χ3v) is 9.39. The Morgan fingerprint density at radius 2 is 1.15 bits per heavy atom. The van der Waals surface area contributed by atoms with Gasteiger partial charge < -0.3 is 4.42 Å². The van der Waals surface area contributed by atoms with E-state index < -0.39 is 0 Å². The van der Waals surface area contributed by atoms with E-state index in [0.717, 1.165) is 55.7 Å².